The van der Waals surface area contributed by atoms with Crippen LogP contribution in [0.4, 0.5) is 0 Å². The van der Waals surface area contributed by atoms with Crippen LogP contribution in [0.2, 0.25) is 20.5 Å². The maximum absolute atomic E-state index is 5.12. The van der Waals surface area contributed by atoms with Gasteiger partial charge >= 0.3 is 0 Å². The minimum Gasteiger partial charge on any atom is -0.168 e. The Hall–Kier alpha value is -0.310. The number of rotatable bonds is 1. The van der Waals surface area contributed by atoms with Gasteiger partial charge in [0.25, 0.3) is 0 Å². The van der Waals surface area contributed by atoms with E-state index in [4.69, 9.17) is 6.42 Å². The third-order valence-electron chi connectivity index (χ3n) is 1.26. The van der Waals surface area contributed by atoms with Crippen molar-refractivity contribution in [3.63, 3.8) is 0 Å². The maximum atomic E-state index is 5.12. The molecule has 0 rings (SSSR count). The predicted molar refractivity (Wildman–Crippen MR) is 37.9 cm³/mol. The highest BCUT2D eigenvalue weighted by molar-refractivity contribution is 7.24. The van der Waals surface area contributed by atoms with Crippen molar-refractivity contribution in [2.75, 3.05) is 0 Å². The predicted octanol–water partition coefficient (Wildman–Crippen LogP) is 1.12. The van der Waals surface area contributed by atoms with Crippen molar-refractivity contribution in [1.82, 2.24) is 0 Å². The minimum atomic E-state index is 0.431. The standard InChI is InChI=1S/C5H10B2/c1-5-7(4)6(2)3/h1H,2-4H3. The molecule has 0 nitrogen and oxygen atoms in total. The highest BCUT2D eigenvalue weighted by atomic mass is 13.4. The molecule has 0 heterocycles. The van der Waals surface area contributed by atoms with E-state index >= 15 is 0 Å². The molecule has 0 bridgehead atoms. The first-order valence-corrected chi connectivity index (χ1v) is 2.64. The van der Waals surface area contributed by atoms with Crippen molar-refractivity contribution in [1.29, 1.82) is 0 Å². The molecule has 0 saturated heterocycles. The SMILES string of the molecule is C#CB(C)B(C)C. The Bertz CT molecular complexity index is 80.6. The lowest BCUT2D eigenvalue weighted by atomic mass is 9.12. The van der Waals surface area contributed by atoms with Gasteiger partial charge in [-0.1, -0.05) is 20.5 Å². The van der Waals surface area contributed by atoms with Crippen LogP contribution in [0.3, 0.4) is 0 Å². The molecular weight excluding hydrogens is 81.7 g/mol. The lowest BCUT2D eigenvalue weighted by molar-refractivity contribution is 2.04. The molecule has 0 N–H and O–H groups in total. The van der Waals surface area contributed by atoms with Gasteiger partial charge in [-0.15, -0.1) is 6.42 Å². The minimum absolute atomic E-state index is 0.431. The highest BCUT2D eigenvalue weighted by Gasteiger charge is 2.09. The van der Waals surface area contributed by atoms with Crippen LogP contribution in [0.5, 0.6) is 0 Å². The zero-order chi connectivity index (χ0) is 5.86. The Morgan fingerprint density at radius 3 is 1.71 bits per heavy atom. The third kappa shape index (κ3) is 2.39. The van der Waals surface area contributed by atoms with Gasteiger partial charge in [0.05, 0.1) is 0 Å². The van der Waals surface area contributed by atoms with Gasteiger partial charge in [-0.25, -0.2) is 0 Å². The lowest BCUT2D eigenvalue weighted by Gasteiger charge is -1.96. The Balaban J connectivity index is 3.40. The zero-order valence-corrected chi connectivity index (χ0v) is 5.23. The van der Waals surface area contributed by atoms with E-state index in [1.807, 2.05) is 0 Å². The van der Waals surface area contributed by atoms with Gasteiger partial charge in [0.15, 0.2) is 6.60 Å². The zero-order valence-electron chi connectivity index (χ0n) is 5.23. The van der Waals surface area contributed by atoms with Gasteiger partial charge < -0.3 is 0 Å². The fourth-order valence-corrected chi connectivity index (χ4v) is 0.192. The molecule has 0 fully saturated rings. The molecule has 0 aromatic rings. The van der Waals surface area contributed by atoms with Crippen molar-refractivity contribution >= 4 is 13.2 Å². The van der Waals surface area contributed by atoms with Crippen molar-refractivity contribution in [2.45, 2.75) is 20.5 Å². The highest BCUT2D eigenvalue weighted by Crippen LogP contribution is 1.85. The van der Waals surface area contributed by atoms with E-state index in [2.05, 4.69) is 26.3 Å². The molecule has 0 aliphatic carbocycles. The molecule has 0 spiro atoms. The Morgan fingerprint density at radius 1 is 1.29 bits per heavy atom. The van der Waals surface area contributed by atoms with Crippen LogP contribution >= 0.6 is 0 Å². The molecule has 0 aromatic carbocycles. The van der Waals surface area contributed by atoms with E-state index in [1.165, 1.54) is 0 Å². The summed E-state index contributed by atoms with van der Waals surface area (Å²) in [4.78, 5) is 0. The second kappa shape index (κ2) is 2.80. The molecule has 0 amide bonds. The summed E-state index contributed by atoms with van der Waals surface area (Å²) < 4.78 is 0. The van der Waals surface area contributed by atoms with Crippen molar-refractivity contribution < 1.29 is 0 Å². The summed E-state index contributed by atoms with van der Waals surface area (Å²) in [5.74, 6) is 2.66. The molecular formula is C5H10B2. The van der Waals surface area contributed by atoms with Crippen LogP contribution in [0.1, 0.15) is 0 Å². The summed E-state index contributed by atoms with van der Waals surface area (Å²) in [7, 11) is 0. The van der Waals surface area contributed by atoms with Crippen molar-refractivity contribution in [3.8, 4) is 12.2 Å². The number of hydrogen-bond acceptors (Lipinski definition) is 0. The van der Waals surface area contributed by atoms with Crippen LogP contribution in [-0.2, 0) is 0 Å². The molecule has 0 aliphatic heterocycles. The third-order valence-corrected chi connectivity index (χ3v) is 1.26. The molecule has 0 atom stereocenters. The van der Waals surface area contributed by atoms with E-state index < -0.39 is 0 Å². The Kier molecular flexibility index (Phi) is 2.67. The lowest BCUT2D eigenvalue weighted by Crippen LogP contribution is -2.23. The van der Waals surface area contributed by atoms with Gasteiger partial charge in [-0.3, -0.25) is 0 Å². The normalized spacial score (nSPS) is 7.14. The second-order valence-electron chi connectivity index (χ2n) is 2.20. The Labute approximate surface area is 46.8 Å². The van der Waals surface area contributed by atoms with E-state index in [1.54, 1.807) is 0 Å². The van der Waals surface area contributed by atoms with E-state index in [0.717, 1.165) is 0 Å². The van der Waals surface area contributed by atoms with E-state index in [-0.39, 0.29) is 0 Å². The summed E-state index contributed by atoms with van der Waals surface area (Å²) in [5, 5.41) is 0. The molecule has 0 radical (unpaired) electrons. The molecule has 0 saturated carbocycles. The van der Waals surface area contributed by atoms with Crippen molar-refractivity contribution in [3.05, 3.63) is 0 Å². The summed E-state index contributed by atoms with van der Waals surface area (Å²) in [6.45, 7) is 7.38. The maximum Gasteiger partial charge on any atom is 0.194 e. The molecule has 0 aliphatic rings. The average Bonchev–Trinajstić information content (AvgIpc) is 1.65. The summed E-state index contributed by atoms with van der Waals surface area (Å²) in [6, 6.07) is 0. The van der Waals surface area contributed by atoms with E-state index in [0.29, 0.717) is 13.2 Å². The first-order chi connectivity index (χ1) is 3.18. The van der Waals surface area contributed by atoms with Gasteiger partial charge in [0.2, 0.25) is 0 Å². The summed E-state index contributed by atoms with van der Waals surface area (Å²) >= 11 is 0. The number of terminal acetylenes is 1. The average molecular weight is 91.8 g/mol. The molecule has 0 unspecified atom stereocenters. The summed E-state index contributed by atoms with van der Waals surface area (Å²) in [5.41, 5.74) is 0. The number of hydrogen-bond donors (Lipinski definition) is 0. The van der Waals surface area contributed by atoms with Gasteiger partial charge in [-0.2, -0.15) is 5.82 Å². The van der Waals surface area contributed by atoms with Crippen LogP contribution in [0.25, 0.3) is 0 Å². The first-order valence-electron chi connectivity index (χ1n) is 2.64. The molecule has 7 heavy (non-hydrogen) atoms. The molecule has 36 valence electrons. The fourth-order valence-electron chi connectivity index (χ4n) is 0.192. The second-order valence-corrected chi connectivity index (χ2v) is 2.20. The summed E-state index contributed by atoms with van der Waals surface area (Å²) in [6.07, 6.45) is 5.12. The van der Waals surface area contributed by atoms with Crippen LogP contribution in [0, 0.1) is 12.2 Å². The largest absolute Gasteiger partial charge is 0.194 e. The van der Waals surface area contributed by atoms with Crippen LogP contribution in [0.15, 0.2) is 0 Å². The quantitative estimate of drug-likeness (QED) is 0.335. The fraction of sp³-hybridized carbons (Fsp3) is 0.600. The molecule has 2 heteroatoms. The topological polar surface area (TPSA) is 0 Å². The van der Waals surface area contributed by atoms with Gasteiger partial charge in [0, 0.05) is 0 Å². The molecule has 0 aromatic heterocycles. The monoisotopic (exact) mass is 92.1 g/mol. The van der Waals surface area contributed by atoms with Crippen LogP contribution in [-0.4, -0.2) is 13.2 Å². The van der Waals surface area contributed by atoms with Gasteiger partial charge in [0.1, 0.15) is 6.60 Å². The van der Waals surface area contributed by atoms with Crippen molar-refractivity contribution in [2.24, 2.45) is 0 Å². The Morgan fingerprint density at radius 2 is 1.71 bits per heavy atom. The van der Waals surface area contributed by atoms with Crippen LogP contribution < -0.4 is 0 Å². The van der Waals surface area contributed by atoms with E-state index in [9.17, 15) is 0 Å². The smallest absolute Gasteiger partial charge is 0.168 e. The van der Waals surface area contributed by atoms with Gasteiger partial charge in [-0.05, 0) is 0 Å². The first kappa shape index (κ1) is 6.69.